The standard InChI is InChI=1S/C18H27NO3Si/c1-18(2,3)22-17(21)19(4)13-15-10-14(11-16(20)12-15)8-9-23(5,6)7/h10-12,20H,13H2,1-7H3. The van der Waals surface area contributed by atoms with Gasteiger partial charge in [-0.25, -0.2) is 4.79 Å². The number of amides is 1. The number of aromatic hydroxyl groups is 1. The Hall–Kier alpha value is -1.93. The normalized spacial score (nSPS) is 11.4. The van der Waals surface area contributed by atoms with Gasteiger partial charge >= 0.3 is 6.09 Å². The third-order valence-electron chi connectivity index (χ3n) is 2.68. The van der Waals surface area contributed by atoms with E-state index < -0.39 is 19.8 Å². The molecule has 5 heteroatoms. The Balaban J connectivity index is 2.90. The van der Waals surface area contributed by atoms with Crippen molar-refractivity contribution in [2.45, 2.75) is 52.6 Å². The zero-order chi connectivity index (χ0) is 17.8. The van der Waals surface area contributed by atoms with Gasteiger partial charge in [0.25, 0.3) is 0 Å². The second-order valence-corrected chi connectivity index (χ2v) is 12.5. The van der Waals surface area contributed by atoms with Crippen molar-refractivity contribution < 1.29 is 14.6 Å². The van der Waals surface area contributed by atoms with Gasteiger partial charge in [0.1, 0.15) is 19.4 Å². The van der Waals surface area contributed by atoms with Gasteiger partial charge in [-0.2, -0.15) is 0 Å². The molecule has 0 aromatic heterocycles. The van der Waals surface area contributed by atoms with E-state index in [-0.39, 0.29) is 5.75 Å². The van der Waals surface area contributed by atoms with E-state index in [1.54, 1.807) is 19.2 Å². The van der Waals surface area contributed by atoms with Crippen molar-refractivity contribution in [2.24, 2.45) is 0 Å². The van der Waals surface area contributed by atoms with E-state index in [9.17, 15) is 9.90 Å². The Labute approximate surface area is 140 Å². The van der Waals surface area contributed by atoms with E-state index in [0.717, 1.165) is 11.1 Å². The van der Waals surface area contributed by atoms with Crippen LogP contribution in [0.15, 0.2) is 18.2 Å². The highest BCUT2D eigenvalue weighted by atomic mass is 28.3. The molecule has 0 bridgehead atoms. The van der Waals surface area contributed by atoms with Crippen LogP contribution in [0.2, 0.25) is 19.6 Å². The van der Waals surface area contributed by atoms with E-state index in [1.165, 1.54) is 4.90 Å². The van der Waals surface area contributed by atoms with Crippen LogP contribution >= 0.6 is 0 Å². The lowest BCUT2D eigenvalue weighted by Gasteiger charge is -2.24. The second kappa shape index (κ2) is 7.09. The summed E-state index contributed by atoms with van der Waals surface area (Å²) < 4.78 is 5.33. The maximum absolute atomic E-state index is 12.0. The van der Waals surface area contributed by atoms with E-state index in [0.29, 0.717) is 6.54 Å². The molecule has 0 saturated carbocycles. The molecule has 1 amide bonds. The third kappa shape index (κ3) is 7.75. The fourth-order valence-corrected chi connectivity index (χ4v) is 2.29. The summed E-state index contributed by atoms with van der Waals surface area (Å²) in [7, 11) is 0.193. The van der Waals surface area contributed by atoms with Gasteiger partial charge in [0, 0.05) is 19.2 Å². The van der Waals surface area contributed by atoms with E-state index in [4.69, 9.17) is 4.74 Å². The molecule has 0 saturated heterocycles. The quantitative estimate of drug-likeness (QED) is 0.658. The van der Waals surface area contributed by atoms with Crippen LogP contribution in [0.3, 0.4) is 0 Å². The van der Waals surface area contributed by atoms with Crippen molar-refractivity contribution in [3.63, 3.8) is 0 Å². The van der Waals surface area contributed by atoms with Crippen molar-refractivity contribution in [3.8, 4) is 17.2 Å². The van der Waals surface area contributed by atoms with Gasteiger partial charge in [0.2, 0.25) is 0 Å². The topological polar surface area (TPSA) is 49.8 Å². The number of phenols is 1. The number of hydrogen-bond donors (Lipinski definition) is 1. The van der Waals surface area contributed by atoms with Gasteiger partial charge in [-0.05, 0) is 44.5 Å². The van der Waals surface area contributed by atoms with Gasteiger partial charge < -0.3 is 14.7 Å². The van der Waals surface area contributed by atoms with Crippen LogP contribution in [0.25, 0.3) is 0 Å². The molecule has 0 aliphatic rings. The number of carbonyl (C=O) groups excluding carboxylic acids is 1. The maximum Gasteiger partial charge on any atom is 0.410 e. The fraction of sp³-hybridized carbons (Fsp3) is 0.500. The molecule has 1 aromatic carbocycles. The summed E-state index contributed by atoms with van der Waals surface area (Å²) in [5.41, 5.74) is 4.32. The smallest absolute Gasteiger partial charge is 0.410 e. The van der Waals surface area contributed by atoms with Crippen LogP contribution in [-0.4, -0.2) is 36.8 Å². The zero-order valence-corrected chi connectivity index (χ0v) is 16.2. The molecular formula is C18H27NO3Si. The largest absolute Gasteiger partial charge is 0.508 e. The number of hydrogen-bond acceptors (Lipinski definition) is 3. The van der Waals surface area contributed by atoms with Crippen LogP contribution in [0, 0.1) is 11.5 Å². The molecule has 0 unspecified atom stereocenters. The van der Waals surface area contributed by atoms with Crippen molar-refractivity contribution in [1.29, 1.82) is 0 Å². The summed E-state index contributed by atoms with van der Waals surface area (Å²) in [6.07, 6.45) is -0.393. The summed E-state index contributed by atoms with van der Waals surface area (Å²) in [5, 5.41) is 9.87. The number of nitrogens with zero attached hydrogens (tertiary/aromatic N) is 1. The number of carbonyl (C=O) groups is 1. The molecule has 1 aromatic rings. The molecule has 23 heavy (non-hydrogen) atoms. The lowest BCUT2D eigenvalue weighted by Crippen LogP contribution is -2.33. The summed E-state index contributed by atoms with van der Waals surface area (Å²) in [5.74, 6) is 3.28. The van der Waals surface area contributed by atoms with Crippen molar-refractivity contribution in [1.82, 2.24) is 4.90 Å². The van der Waals surface area contributed by atoms with Crippen molar-refractivity contribution in [3.05, 3.63) is 29.3 Å². The molecule has 0 fully saturated rings. The molecule has 1 rings (SSSR count). The minimum atomic E-state index is -1.48. The third-order valence-corrected chi connectivity index (χ3v) is 3.56. The molecule has 1 N–H and O–H groups in total. The first-order valence-electron chi connectivity index (χ1n) is 7.66. The van der Waals surface area contributed by atoms with Crippen LogP contribution in [0.4, 0.5) is 4.79 Å². The predicted octanol–water partition coefficient (Wildman–Crippen LogP) is 3.99. The zero-order valence-electron chi connectivity index (χ0n) is 15.2. The van der Waals surface area contributed by atoms with E-state index in [2.05, 4.69) is 31.1 Å². The van der Waals surface area contributed by atoms with Gasteiger partial charge in [0.05, 0.1) is 0 Å². The van der Waals surface area contributed by atoms with Crippen LogP contribution < -0.4 is 0 Å². The molecule has 0 aliphatic heterocycles. The maximum atomic E-state index is 12.0. The summed E-state index contributed by atoms with van der Waals surface area (Å²) in [6, 6.07) is 5.18. The van der Waals surface area contributed by atoms with Gasteiger partial charge in [-0.3, -0.25) is 0 Å². The van der Waals surface area contributed by atoms with Crippen molar-refractivity contribution >= 4 is 14.2 Å². The Kier molecular flexibility index (Phi) is 5.90. The molecule has 0 radical (unpaired) electrons. The predicted molar refractivity (Wildman–Crippen MR) is 96.0 cm³/mol. The second-order valence-electron chi connectivity index (χ2n) is 7.72. The van der Waals surface area contributed by atoms with Gasteiger partial charge in [-0.1, -0.05) is 25.6 Å². The van der Waals surface area contributed by atoms with E-state index >= 15 is 0 Å². The average Bonchev–Trinajstić information content (AvgIpc) is 2.32. The molecule has 126 valence electrons. The lowest BCUT2D eigenvalue weighted by atomic mass is 10.1. The highest BCUT2D eigenvalue weighted by Gasteiger charge is 2.19. The highest BCUT2D eigenvalue weighted by molar-refractivity contribution is 6.83. The molecule has 0 atom stereocenters. The SMILES string of the molecule is CN(Cc1cc(O)cc(C#C[Si](C)(C)C)c1)C(=O)OC(C)(C)C. The first kappa shape index (κ1) is 19.1. The van der Waals surface area contributed by atoms with Crippen LogP contribution in [0.1, 0.15) is 31.9 Å². The summed E-state index contributed by atoms with van der Waals surface area (Å²) >= 11 is 0. The average molecular weight is 334 g/mol. The molecule has 4 nitrogen and oxygen atoms in total. The summed E-state index contributed by atoms with van der Waals surface area (Å²) in [6.45, 7) is 12.3. The van der Waals surface area contributed by atoms with Crippen LogP contribution in [0.5, 0.6) is 5.75 Å². The number of benzene rings is 1. The minimum absolute atomic E-state index is 0.153. The Bertz CT molecular complexity index is 630. The Morgan fingerprint density at radius 3 is 2.39 bits per heavy atom. The first-order chi connectivity index (χ1) is 10.4. The fourth-order valence-electron chi connectivity index (χ4n) is 1.78. The minimum Gasteiger partial charge on any atom is -0.508 e. The monoisotopic (exact) mass is 333 g/mol. The van der Waals surface area contributed by atoms with Crippen molar-refractivity contribution in [2.75, 3.05) is 7.05 Å². The van der Waals surface area contributed by atoms with Crippen LogP contribution in [-0.2, 0) is 11.3 Å². The number of ether oxygens (including phenoxy) is 1. The Morgan fingerprint density at radius 2 is 1.87 bits per heavy atom. The van der Waals surface area contributed by atoms with Gasteiger partial charge in [-0.15, -0.1) is 5.54 Å². The summed E-state index contributed by atoms with van der Waals surface area (Å²) in [4.78, 5) is 13.5. The number of phenolic OH excluding ortho intramolecular Hbond substituents is 1. The van der Waals surface area contributed by atoms with Gasteiger partial charge in [0.15, 0.2) is 0 Å². The Morgan fingerprint density at radius 1 is 1.26 bits per heavy atom. The molecular weight excluding hydrogens is 306 g/mol. The molecule has 0 heterocycles. The van der Waals surface area contributed by atoms with E-state index in [1.807, 2.05) is 26.8 Å². The molecule has 0 aliphatic carbocycles. The number of rotatable bonds is 2. The first-order valence-corrected chi connectivity index (χ1v) is 11.2. The molecule has 0 spiro atoms. The lowest BCUT2D eigenvalue weighted by molar-refractivity contribution is 0.0285. The highest BCUT2D eigenvalue weighted by Crippen LogP contribution is 2.18.